The first kappa shape index (κ1) is 19.5. The van der Waals surface area contributed by atoms with Crippen molar-refractivity contribution in [1.82, 2.24) is 4.90 Å². The molecule has 29 heavy (non-hydrogen) atoms. The molecule has 0 bridgehead atoms. The Kier molecular flexibility index (Phi) is 5.33. The van der Waals surface area contributed by atoms with Crippen LogP contribution >= 0.6 is 11.6 Å². The van der Waals surface area contributed by atoms with E-state index in [0.717, 1.165) is 31.2 Å². The topological polar surface area (TPSA) is 66.8 Å². The van der Waals surface area contributed by atoms with Crippen molar-refractivity contribution in [2.75, 3.05) is 7.11 Å². The Morgan fingerprint density at radius 3 is 2.45 bits per heavy atom. The summed E-state index contributed by atoms with van der Waals surface area (Å²) >= 11 is 5.95. The summed E-state index contributed by atoms with van der Waals surface area (Å²) in [5.41, 5.74) is 1.30. The number of hydrogen-bond acceptors (Lipinski definition) is 4. The zero-order valence-electron chi connectivity index (χ0n) is 16.1. The molecular weight excluding hydrogens is 390 g/mol. The predicted octanol–water partition coefficient (Wildman–Crippen LogP) is 4.71. The van der Waals surface area contributed by atoms with Crippen LogP contribution in [0.4, 0.5) is 0 Å². The molecule has 2 aromatic rings. The smallest absolute Gasteiger partial charge is 0.295 e. The fourth-order valence-corrected chi connectivity index (χ4v) is 4.44. The van der Waals surface area contributed by atoms with Crippen molar-refractivity contribution >= 4 is 29.1 Å². The number of aliphatic hydroxyl groups excluding tert-OH is 1. The predicted molar refractivity (Wildman–Crippen MR) is 111 cm³/mol. The number of benzene rings is 2. The first-order valence-electron chi connectivity index (χ1n) is 9.71. The third kappa shape index (κ3) is 3.51. The van der Waals surface area contributed by atoms with Gasteiger partial charge in [0.1, 0.15) is 11.5 Å². The number of methoxy groups -OCH3 is 1. The number of ether oxygens (including phenoxy) is 1. The lowest BCUT2D eigenvalue weighted by Crippen LogP contribution is -2.37. The maximum Gasteiger partial charge on any atom is 0.295 e. The fourth-order valence-electron chi connectivity index (χ4n) is 4.31. The number of carbonyl (C=O) groups excluding carboxylic acids is 2. The highest BCUT2D eigenvalue weighted by atomic mass is 35.5. The molecule has 1 saturated carbocycles. The van der Waals surface area contributed by atoms with Crippen LogP contribution in [-0.2, 0) is 9.59 Å². The summed E-state index contributed by atoms with van der Waals surface area (Å²) in [6, 6.07) is 13.2. The van der Waals surface area contributed by atoms with Gasteiger partial charge in [-0.15, -0.1) is 0 Å². The van der Waals surface area contributed by atoms with Crippen molar-refractivity contribution in [2.45, 2.75) is 37.8 Å². The van der Waals surface area contributed by atoms with Crippen LogP contribution in [0.5, 0.6) is 5.75 Å². The van der Waals surface area contributed by atoms with Crippen molar-refractivity contribution in [1.29, 1.82) is 0 Å². The number of aliphatic hydroxyl groups is 1. The molecule has 1 aliphatic carbocycles. The molecule has 0 radical (unpaired) electrons. The number of rotatable bonds is 4. The molecule has 6 heteroatoms. The lowest BCUT2D eigenvalue weighted by Gasteiger charge is -2.31. The first-order valence-corrected chi connectivity index (χ1v) is 10.1. The van der Waals surface area contributed by atoms with Gasteiger partial charge in [0.05, 0.1) is 18.7 Å². The monoisotopic (exact) mass is 411 g/mol. The second-order valence-electron chi connectivity index (χ2n) is 7.43. The normalized spacial score (nSPS) is 21.7. The Hall–Kier alpha value is -2.79. The van der Waals surface area contributed by atoms with Crippen molar-refractivity contribution in [3.8, 4) is 5.75 Å². The van der Waals surface area contributed by atoms with Gasteiger partial charge in [-0.1, -0.05) is 36.6 Å². The van der Waals surface area contributed by atoms with E-state index < -0.39 is 17.7 Å². The number of hydrogen-bond donors (Lipinski definition) is 1. The first-order chi connectivity index (χ1) is 14.0. The molecular formula is C23H22ClNO4. The Morgan fingerprint density at radius 2 is 1.79 bits per heavy atom. The van der Waals surface area contributed by atoms with Crippen LogP contribution in [-0.4, -0.2) is 34.8 Å². The van der Waals surface area contributed by atoms with Crippen molar-refractivity contribution in [3.63, 3.8) is 0 Å². The van der Waals surface area contributed by atoms with Gasteiger partial charge in [0.15, 0.2) is 0 Å². The average Bonchev–Trinajstić information content (AvgIpc) is 3.35. The Balaban J connectivity index is 1.89. The molecule has 5 nitrogen and oxygen atoms in total. The minimum atomic E-state index is -0.655. The third-order valence-corrected chi connectivity index (χ3v) is 5.98. The molecule has 1 N–H and O–H groups in total. The summed E-state index contributed by atoms with van der Waals surface area (Å²) in [5.74, 6) is -0.767. The van der Waals surface area contributed by atoms with Crippen LogP contribution in [0.1, 0.15) is 42.9 Å². The van der Waals surface area contributed by atoms with Crippen LogP contribution < -0.4 is 4.74 Å². The summed E-state index contributed by atoms with van der Waals surface area (Å²) in [7, 11) is 1.57. The van der Waals surface area contributed by atoms with E-state index in [4.69, 9.17) is 16.3 Å². The number of amides is 1. The van der Waals surface area contributed by atoms with Gasteiger partial charge in [-0.2, -0.15) is 0 Å². The molecule has 2 aliphatic rings. The zero-order valence-corrected chi connectivity index (χ0v) is 16.9. The highest BCUT2D eigenvalue weighted by Gasteiger charge is 2.49. The highest BCUT2D eigenvalue weighted by molar-refractivity contribution is 6.46. The summed E-state index contributed by atoms with van der Waals surface area (Å²) in [4.78, 5) is 27.7. The molecule has 2 fully saturated rings. The van der Waals surface area contributed by atoms with Gasteiger partial charge in [-0.25, -0.2) is 0 Å². The van der Waals surface area contributed by atoms with E-state index in [2.05, 4.69) is 0 Å². The number of likely N-dealkylation sites (tertiary alicyclic amines) is 1. The van der Waals surface area contributed by atoms with Gasteiger partial charge in [-0.3, -0.25) is 9.59 Å². The zero-order chi connectivity index (χ0) is 20.5. The van der Waals surface area contributed by atoms with E-state index >= 15 is 0 Å². The molecule has 1 atom stereocenters. The molecule has 1 aliphatic heterocycles. The van der Waals surface area contributed by atoms with Crippen LogP contribution in [0.25, 0.3) is 5.76 Å². The fraction of sp³-hybridized carbons (Fsp3) is 0.304. The summed E-state index contributed by atoms with van der Waals surface area (Å²) in [5, 5.41) is 11.5. The van der Waals surface area contributed by atoms with Crippen LogP contribution in [0.3, 0.4) is 0 Å². The second kappa shape index (κ2) is 7.91. The Bertz CT molecular complexity index is 977. The van der Waals surface area contributed by atoms with E-state index in [-0.39, 0.29) is 17.4 Å². The second-order valence-corrected chi connectivity index (χ2v) is 7.86. The van der Waals surface area contributed by atoms with Gasteiger partial charge in [0.25, 0.3) is 11.7 Å². The van der Waals surface area contributed by atoms with E-state index in [1.54, 1.807) is 36.3 Å². The molecule has 0 aromatic heterocycles. The Labute approximate surface area is 174 Å². The van der Waals surface area contributed by atoms with Crippen LogP contribution in [0.2, 0.25) is 5.02 Å². The number of halogens is 1. The lowest BCUT2D eigenvalue weighted by atomic mass is 9.94. The minimum Gasteiger partial charge on any atom is -0.507 e. The van der Waals surface area contributed by atoms with Crippen molar-refractivity contribution < 1.29 is 19.4 Å². The standard InChI is InChI=1S/C23H22ClNO4/c1-29-18-8-4-5-15(13-18)20-19(21(26)14-9-11-16(24)12-10-14)22(27)23(28)25(20)17-6-2-3-7-17/h4-5,8-13,17,20,26H,2-3,6-7H2,1H3/b21-19-. The van der Waals surface area contributed by atoms with E-state index in [0.29, 0.717) is 16.3 Å². The largest absolute Gasteiger partial charge is 0.507 e. The number of carbonyl (C=O) groups is 2. The highest BCUT2D eigenvalue weighted by Crippen LogP contribution is 2.44. The lowest BCUT2D eigenvalue weighted by molar-refractivity contribution is -0.141. The number of Topliss-reactive ketones (excluding diaryl/α,β-unsaturated/α-hetero) is 1. The summed E-state index contributed by atoms with van der Waals surface area (Å²) < 4.78 is 5.34. The van der Waals surface area contributed by atoms with Gasteiger partial charge < -0.3 is 14.7 Å². The molecule has 1 unspecified atom stereocenters. The van der Waals surface area contributed by atoms with E-state index in [1.165, 1.54) is 0 Å². The number of ketones is 1. The molecule has 4 rings (SSSR count). The minimum absolute atomic E-state index is 0.0156. The van der Waals surface area contributed by atoms with Gasteiger partial charge in [-0.05, 0) is 54.8 Å². The molecule has 1 saturated heterocycles. The summed E-state index contributed by atoms with van der Waals surface area (Å²) in [6.07, 6.45) is 3.76. The van der Waals surface area contributed by atoms with Crippen molar-refractivity contribution in [2.24, 2.45) is 0 Å². The molecule has 2 aromatic carbocycles. The summed E-state index contributed by atoms with van der Waals surface area (Å²) in [6.45, 7) is 0. The Morgan fingerprint density at radius 1 is 1.10 bits per heavy atom. The molecule has 1 heterocycles. The maximum atomic E-state index is 13.0. The van der Waals surface area contributed by atoms with Gasteiger partial charge >= 0.3 is 0 Å². The maximum absolute atomic E-state index is 13.0. The number of nitrogens with zero attached hydrogens (tertiary/aromatic N) is 1. The quantitative estimate of drug-likeness (QED) is 0.449. The third-order valence-electron chi connectivity index (χ3n) is 5.73. The van der Waals surface area contributed by atoms with E-state index in [1.807, 2.05) is 24.3 Å². The van der Waals surface area contributed by atoms with E-state index in [9.17, 15) is 14.7 Å². The molecule has 1 amide bonds. The SMILES string of the molecule is COc1cccc(C2/C(=C(/O)c3ccc(Cl)cc3)C(=O)C(=O)N2C2CCCC2)c1. The van der Waals surface area contributed by atoms with Crippen molar-refractivity contribution in [3.05, 3.63) is 70.3 Å². The molecule has 150 valence electrons. The van der Waals surface area contributed by atoms with Crippen LogP contribution in [0, 0.1) is 0 Å². The van der Waals surface area contributed by atoms with Crippen LogP contribution in [0.15, 0.2) is 54.1 Å². The molecule has 0 spiro atoms. The average molecular weight is 412 g/mol. The van der Waals surface area contributed by atoms with Gasteiger partial charge in [0, 0.05) is 16.6 Å². The van der Waals surface area contributed by atoms with Gasteiger partial charge in [0.2, 0.25) is 0 Å².